The maximum Gasteiger partial charge on any atom is 0.245 e. The number of para-hydroxylation sites is 1. The molecule has 0 radical (unpaired) electrons. The summed E-state index contributed by atoms with van der Waals surface area (Å²) in [5, 5.41) is 4.75. The number of aryl methyl sites for hydroxylation is 1. The largest absolute Gasteiger partial charge is 0.380 e. The number of fused-ring (bicyclic) bond motifs is 1. The number of rotatable bonds is 6. The van der Waals surface area contributed by atoms with Crippen LogP contribution in [0.4, 0.5) is 11.4 Å². The second-order valence-electron chi connectivity index (χ2n) is 6.81. The molecule has 160 valence electrons. The van der Waals surface area contributed by atoms with Crippen LogP contribution < -0.4 is 9.03 Å². The van der Waals surface area contributed by atoms with Crippen molar-refractivity contribution in [1.82, 2.24) is 4.98 Å². The molecule has 1 aromatic heterocycles. The van der Waals surface area contributed by atoms with E-state index < -0.39 is 20.0 Å². The second kappa shape index (κ2) is 8.22. The van der Waals surface area contributed by atoms with Crippen LogP contribution in [-0.2, 0) is 26.6 Å². The van der Waals surface area contributed by atoms with Gasteiger partial charge in [0.1, 0.15) is 0 Å². The van der Waals surface area contributed by atoms with Crippen LogP contribution in [0.1, 0.15) is 11.3 Å². The molecule has 1 heterocycles. The van der Waals surface area contributed by atoms with Crippen LogP contribution in [-0.4, -0.2) is 34.3 Å². The highest BCUT2D eigenvalue weighted by molar-refractivity contribution is 8.09. The molecule has 0 fully saturated rings. The van der Waals surface area contributed by atoms with Gasteiger partial charge in [0.15, 0.2) is 0 Å². The predicted octanol–water partition coefficient (Wildman–Crippen LogP) is 4.19. The maximum atomic E-state index is 12.2. The lowest BCUT2D eigenvalue weighted by Crippen LogP contribution is -2.35. The van der Waals surface area contributed by atoms with Crippen molar-refractivity contribution in [1.29, 1.82) is 0 Å². The van der Waals surface area contributed by atoms with Gasteiger partial charge in [-0.05, 0) is 36.8 Å². The van der Waals surface area contributed by atoms with Gasteiger partial charge in [0.25, 0.3) is 0 Å². The van der Waals surface area contributed by atoms with Crippen molar-refractivity contribution in [3.05, 3.63) is 63.8 Å². The zero-order valence-electron chi connectivity index (χ0n) is 16.3. The molecule has 0 saturated heterocycles. The Hall–Kier alpha value is -2.07. The van der Waals surface area contributed by atoms with E-state index >= 15 is 0 Å². The van der Waals surface area contributed by atoms with Crippen molar-refractivity contribution >= 4 is 65.5 Å². The SMILES string of the molecule is Cc1cc(NCc2ccc(Cl)c(Cl)c2)c2cccc(N(S(C)(=O)=O)S(C)(=O)=O)c2n1. The molecule has 3 aromatic rings. The Balaban J connectivity index is 2.12. The van der Waals surface area contributed by atoms with Crippen molar-refractivity contribution in [3.63, 3.8) is 0 Å². The number of hydrogen-bond donors (Lipinski definition) is 1. The first-order valence-electron chi connectivity index (χ1n) is 8.66. The van der Waals surface area contributed by atoms with Gasteiger partial charge in [0, 0.05) is 23.3 Å². The van der Waals surface area contributed by atoms with Crippen molar-refractivity contribution in [2.24, 2.45) is 0 Å². The molecule has 0 saturated carbocycles. The van der Waals surface area contributed by atoms with Crippen molar-refractivity contribution in [2.45, 2.75) is 13.5 Å². The molecular weight excluding hydrogens is 469 g/mol. The second-order valence-corrected chi connectivity index (χ2v) is 11.5. The number of sulfonamides is 2. The van der Waals surface area contributed by atoms with Gasteiger partial charge in [-0.2, -0.15) is 3.71 Å². The van der Waals surface area contributed by atoms with Crippen molar-refractivity contribution in [3.8, 4) is 0 Å². The van der Waals surface area contributed by atoms with E-state index in [0.29, 0.717) is 37.1 Å². The summed E-state index contributed by atoms with van der Waals surface area (Å²) in [6, 6.07) is 11.8. The third kappa shape index (κ3) is 4.80. The van der Waals surface area contributed by atoms with Gasteiger partial charge >= 0.3 is 0 Å². The quantitative estimate of drug-likeness (QED) is 0.559. The number of anilines is 2. The number of hydrogen-bond acceptors (Lipinski definition) is 6. The van der Waals surface area contributed by atoms with Crippen LogP contribution in [0.15, 0.2) is 42.5 Å². The van der Waals surface area contributed by atoms with Crippen LogP contribution in [0.3, 0.4) is 0 Å². The van der Waals surface area contributed by atoms with Crippen molar-refractivity contribution in [2.75, 3.05) is 21.5 Å². The van der Waals surface area contributed by atoms with Gasteiger partial charge in [0.2, 0.25) is 20.0 Å². The lowest BCUT2D eigenvalue weighted by Gasteiger charge is -2.22. The lowest BCUT2D eigenvalue weighted by atomic mass is 10.1. The third-order valence-electron chi connectivity index (χ3n) is 4.21. The Bertz CT molecular complexity index is 1310. The summed E-state index contributed by atoms with van der Waals surface area (Å²) in [5.41, 5.74) is 2.38. The van der Waals surface area contributed by atoms with E-state index in [1.54, 1.807) is 37.3 Å². The summed E-state index contributed by atoms with van der Waals surface area (Å²) in [6.07, 6.45) is 1.68. The number of benzene rings is 2. The van der Waals surface area contributed by atoms with E-state index in [1.807, 2.05) is 6.07 Å². The Labute approximate surface area is 185 Å². The lowest BCUT2D eigenvalue weighted by molar-refractivity contribution is 0.591. The standard InChI is InChI=1S/C19H19Cl2N3O4S2/c1-12-9-17(22-11-13-7-8-15(20)16(21)10-13)14-5-4-6-18(19(14)23-12)24(29(2,25)26)30(3,27)28/h4-10H,11H2,1-3H3,(H,22,23). The number of aromatic nitrogens is 1. The molecule has 0 amide bonds. The monoisotopic (exact) mass is 487 g/mol. The summed E-state index contributed by atoms with van der Waals surface area (Å²) < 4.78 is 49.4. The molecule has 0 atom stereocenters. The van der Waals surface area contributed by atoms with Crippen LogP contribution in [0, 0.1) is 6.92 Å². The van der Waals surface area contributed by atoms with Gasteiger partial charge in [-0.1, -0.05) is 41.4 Å². The minimum atomic E-state index is -4.10. The normalized spacial score (nSPS) is 12.2. The summed E-state index contributed by atoms with van der Waals surface area (Å²) in [4.78, 5) is 4.42. The fraction of sp³-hybridized carbons (Fsp3) is 0.211. The van der Waals surface area contributed by atoms with E-state index in [4.69, 9.17) is 23.2 Å². The highest BCUT2D eigenvalue weighted by atomic mass is 35.5. The molecule has 2 aromatic carbocycles. The maximum absolute atomic E-state index is 12.2. The summed E-state index contributed by atoms with van der Waals surface area (Å²) in [7, 11) is -8.20. The molecule has 0 unspecified atom stereocenters. The molecule has 1 N–H and O–H groups in total. The van der Waals surface area contributed by atoms with Crippen LogP contribution >= 0.6 is 23.2 Å². The van der Waals surface area contributed by atoms with Gasteiger partial charge in [-0.25, -0.2) is 16.8 Å². The van der Waals surface area contributed by atoms with Gasteiger partial charge < -0.3 is 5.32 Å². The molecule has 0 spiro atoms. The predicted molar refractivity (Wildman–Crippen MR) is 122 cm³/mol. The van der Waals surface area contributed by atoms with Gasteiger partial charge in [-0.15, -0.1) is 0 Å². The van der Waals surface area contributed by atoms with Crippen LogP contribution in [0.2, 0.25) is 10.0 Å². The van der Waals surface area contributed by atoms with Crippen LogP contribution in [0.25, 0.3) is 10.9 Å². The first-order chi connectivity index (χ1) is 13.9. The third-order valence-corrected chi connectivity index (χ3v) is 8.17. The Morgan fingerprint density at radius 2 is 1.63 bits per heavy atom. The first-order valence-corrected chi connectivity index (χ1v) is 13.1. The van der Waals surface area contributed by atoms with E-state index in [0.717, 1.165) is 18.1 Å². The fourth-order valence-corrected chi connectivity index (χ4v) is 6.40. The zero-order chi connectivity index (χ0) is 22.3. The average molecular weight is 488 g/mol. The highest BCUT2D eigenvalue weighted by Gasteiger charge is 2.29. The van der Waals surface area contributed by atoms with E-state index in [9.17, 15) is 16.8 Å². The molecule has 3 rings (SSSR count). The molecule has 0 aliphatic heterocycles. The molecule has 11 heteroatoms. The number of nitrogens with one attached hydrogen (secondary N) is 1. The van der Waals surface area contributed by atoms with Gasteiger partial charge in [0.05, 0.1) is 33.8 Å². The first kappa shape index (κ1) is 22.6. The van der Waals surface area contributed by atoms with Crippen LogP contribution in [0.5, 0.6) is 0 Å². The zero-order valence-corrected chi connectivity index (χ0v) is 19.5. The molecule has 0 aliphatic rings. The summed E-state index contributed by atoms with van der Waals surface area (Å²) in [6.45, 7) is 2.16. The average Bonchev–Trinajstić information content (AvgIpc) is 2.60. The molecule has 0 aliphatic carbocycles. The number of pyridine rings is 1. The van der Waals surface area contributed by atoms with E-state index in [-0.39, 0.29) is 11.2 Å². The Morgan fingerprint density at radius 1 is 0.967 bits per heavy atom. The molecular formula is C19H19Cl2N3O4S2. The smallest absolute Gasteiger partial charge is 0.245 e. The number of nitrogens with zero attached hydrogens (tertiary/aromatic N) is 2. The molecule has 30 heavy (non-hydrogen) atoms. The Kier molecular flexibility index (Phi) is 6.20. The van der Waals surface area contributed by atoms with Gasteiger partial charge in [-0.3, -0.25) is 4.98 Å². The Morgan fingerprint density at radius 3 is 2.23 bits per heavy atom. The summed E-state index contributed by atoms with van der Waals surface area (Å²) in [5.74, 6) is 0. The van der Waals surface area contributed by atoms with E-state index in [2.05, 4.69) is 10.3 Å². The van der Waals surface area contributed by atoms with E-state index in [1.165, 1.54) is 6.07 Å². The fourth-order valence-electron chi connectivity index (χ4n) is 3.11. The highest BCUT2D eigenvalue weighted by Crippen LogP contribution is 2.33. The summed E-state index contributed by atoms with van der Waals surface area (Å²) >= 11 is 12.0. The molecule has 7 nitrogen and oxygen atoms in total. The topological polar surface area (TPSA) is 96.4 Å². The minimum Gasteiger partial charge on any atom is -0.380 e. The van der Waals surface area contributed by atoms with Crippen molar-refractivity contribution < 1.29 is 16.8 Å². The number of halogens is 2. The minimum absolute atomic E-state index is 0.0289. The molecule has 0 bridgehead atoms.